The SMILES string of the molecule is C=C/C=C(\c1ccc(C(F)(F)F)nc1N(C)c1ccccc1Cl)N(C)C. The number of allylic oxidation sites excluding steroid dienone is 2. The van der Waals surface area contributed by atoms with Crippen LogP contribution in [0.2, 0.25) is 5.02 Å². The standard InChI is InChI=1S/C19H19ClF3N3/c1-5-8-15(25(2)3)13-11-12-17(19(21,22)23)24-18(13)26(4)16-10-7-6-9-14(16)20/h5-12H,1H2,2-4H3/b15-8+. The lowest BCUT2D eigenvalue weighted by molar-refractivity contribution is -0.141. The number of benzene rings is 1. The van der Waals surface area contributed by atoms with E-state index >= 15 is 0 Å². The molecular weight excluding hydrogens is 363 g/mol. The van der Waals surface area contributed by atoms with Gasteiger partial charge in [0.2, 0.25) is 0 Å². The van der Waals surface area contributed by atoms with Crippen molar-refractivity contribution in [1.82, 2.24) is 9.88 Å². The molecule has 1 heterocycles. The van der Waals surface area contributed by atoms with E-state index in [0.29, 0.717) is 22.0 Å². The molecule has 2 rings (SSSR count). The first-order valence-corrected chi connectivity index (χ1v) is 8.11. The van der Waals surface area contributed by atoms with Crippen LogP contribution in [0.5, 0.6) is 0 Å². The summed E-state index contributed by atoms with van der Waals surface area (Å²) in [6, 6.07) is 9.29. The molecule has 26 heavy (non-hydrogen) atoms. The summed E-state index contributed by atoms with van der Waals surface area (Å²) in [5.41, 5.74) is 0.797. The molecule has 0 saturated heterocycles. The van der Waals surface area contributed by atoms with Gasteiger partial charge in [-0.05, 0) is 30.3 Å². The van der Waals surface area contributed by atoms with Gasteiger partial charge in [0.1, 0.15) is 11.5 Å². The third kappa shape index (κ3) is 4.19. The number of anilines is 2. The van der Waals surface area contributed by atoms with Gasteiger partial charge in [-0.1, -0.05) is 36.4 Å². The Morgan fingerprint density at radius 2 is 1.77 bits per heavy atom. The minimum atomic E-state index is -4.55. The number of halogens is 4. The average Bonchev–Trinajstić information content (AvgIpc) is 2.58. The summed E-state index contributed by atoms with van der Waals surface area (Å²) in [6.45, 7) is 3.67. The fraction of sp³-hybridized carbons (Fsp3) is 0.211. The van der Waals surface area contributed by atoms with Gasteiger partial charge in [0.05, 0.1) is 10.7 Å². The summed E-state index contributed by atoms with van der Waals surface area (Å²) in [6.07, 6.45) is -1.25. The number of aromatic nitrogens is 1. The molecule has 0 fully saturated rings. The maximum atomic E-state index is 13.2. The van der Waals surface area contributed by atoms with Crippen LogP contribution in [0.25, 0.3) is 5.70 Å². The lowest BCUT2D eigenvalue weighted by Gasteiger charge is -2.26. The van der Waals surface area contributed by atoms with Crippen LogP contribution in [0.15, 0.2) is 55.1 Å². The Bertz CT molecular complexity index is 829. The number of pyridine rings is 1. The third-order valence-electron chi connectivity index (χ3n) is 3.73. The molecule has 138 valence electrons. The topological polar surface area (TPSA) is 19.4 Å². The molecule has 0 aliphatic carbocycles. The first-order chi connectivity index (χ1) is 12.2. The average molecular weight is 382 g/mol. The summed E-state index contributed by atoms with van der Waals surface area (Å²) >= 11 is 6.22. The fourth-order valence-corrected chi connectivity index (χ4v) is 2.75. The Balaban J connectivity index is 2.72. The normalized spacial score (nSPS) is 12.0. The van der Waals surface area contributed by atoms with Crippen molar-refractivity contribution in [1.29, 1.82) is 0 Å². The number of rotatable bonds is 5. The van der Waals surface area contributed by atoms with E-state index in [-0.39, 0.29) is 5.82 Å². The Hall–Kier alpha value is -2.47. The molecule has 1 aromatic heterocycles. The van der Waals surface area contributed by atoms with Gasteiger partial charge in [0, 0.05) is 32.4 Å². The van der Waals surface area contributed by atoms with E-state index in [1.54, 1.807) is 67.4 Å². The molecule has 0 N–H and O–H groups in total. The first-order valence-electron chi connectivity index (χ1n) is 7.73. The molecule has 0 spiro atoms. The van der Waals surface area contributed by atoms with Gasteiger partial charge in [0.15, 0.2) is 0 Å². The number of nitrogens with zero attached hydrogens (tertiary/aromatic N) is 3. The van der Waals surface area contributed by atoms with Crippen LogP contribution in [0.3, 0.4) is 0 Å². The molecule has 0 amide bonds. The molecule has 0 aliphatic rings. The van der Waals surface area contributed by atoms with E-state index in [1.807, 2.05) is 0 Å². The summed E-state index contributed by atoms with van der Waals surface area (Å²) in [4.78, 5) is 7.22. The van der Waals surface area contributed by atoms with Gasteiger partial charge in [-0.3, -0.25) is 0 Å². The van der Waals surface area contributed by atoms with Gasteiger partial charge in [-0.15, -0.1) is 0 Å². The number of para-hydroxylation sites is 1. The van der Waals surface area contributed by atoms with Crippen molar-refractivity contribution in [3.8, 4) is 0 Å². The van der Waals surface area contributed by atoms with Crippen LogP contribution in [0, 0.1) is 0 Å². The van der Waals surface area contributed by atoms with Crippen molar-refractivity contribution in [3.63, 3.8) is 0 Å². The monoisotopic (exact) mass is 381 g/mol. The highest BCUT2D eigenvalue weighted by Crippen LogP contribution is 2.37. The van der Waals surface area contributed by atoms with Crippen LogP contribution in [0.1, 0.15) is 11.3 Å². The zero-order valence-electron chi connectivity index (χ0n) is 14.7. The second-order valence-electron chi connectivity index (χ2n) is 5.76. The molecular formula is C19H19ClF3N3. The highest BCUT2D eigenvalue weighted by molar-refractivity contribution is 6.33. The molecule has 1 aromatic carbocycles. The summed E-state index contributed by atoms with van der Waals surface area (Å²) < 4.78 is 39.6. The second kappa shape index (κ2) is 7.83. The van der Waals surface area contributed by atoms with E-state index in [2.05, 4.69) is 11.6 Å². The highest BCUT2D eigenvalue weighted by atomic mass is 35.5. The van der Waals surface area contributed by atoms with Crippen molar-refractivity contribution in [2.75, 3.05) is 26.0 Å². The first kappa shape index (κ1) is 19.8. The van der Waals surface area contributed by atoms with Gasteiger partial charge >= 0.3 is 6.18 Å². The Morgan fingerprint density at radius 1 is 1.12 bits per heavy atom. The van der Waals surface area contributed by atoms with E-state index in [4.69, 9.17) is 11.6 Å². The minimum absolute atomic E-state index is 0.148. The maximum absolute atomic E-state index is 13.2. The Kier molecular flexibility index (Phi) is 5.97. The van der Waals surface area contributed by atoms with Crippen LogP contribution < -0.4 is 4.90 Å². The molecule has 0 aliphatic heterocycles. The van der Waals surface area contributed by atoms with Crippen molar-refractivity contribution in [2.24, 2.45) is 0 Å². The third-order valence-corrected chi connectivity index (χ3v) is 4.05. The van der Waals surface area contributed by atoms with Crippen LogP contribution in [0.4, 0.5) is 24.7 Å². The summed E-state index contributed by atoms with van der Waals surface area (Å²) in [5, 5.41) is 0.416. The molecule has 7 heteroatoms. The molecule has 0 saturated carbocycles. The minimum Gasteiger partial charge on any atom is -0.377 e. The smallest absolute Gasteiger partial charge is 0.377 e. The quantitative estimate of drug-likeness (QED) is 0.627. The molecule has 0 atom stereocenters. The van der Waals surface area contributed by atoms with E-state index in [9.17, 15) is 13.2 Å². The van der Waals surface area contributed by atoms with Gasteiger partial charge < -0.3 is 9.80 Å². The Labute approximate surface area is 156 Å². The van der Waals surface area contributed by atoms with Crippen molar-refractivity contribution < 1.29 is 13.2 Å². The van der Waals surface area contributed by atoms with Crippen molar-refractivity contribution in [3.05, 3.63) is 71.4 Å². The van der Waals surface area contributed by atoms with E-state index in [0.717, 1.165) is 6.07 Å². The predicted molar refractivity (Wildman–Crippen MR) is 101 cm³/mol. The van der Waals surface area contributed by atoms with Crippen molar-refractivity contribution >= 4 is 28.8 Å². The van der Waals surface area contributed by atoms with Gasteiger partial charge in [0.25, 0.3) is 0 Å². The largest absolute Gasteiger partial charge is 0.433 e. The lowest BCUT2D eigenvalue weighted by Crippen LogP contribution is -2.20. The fourth-order valence-electron chi connectivity index (χ4n) is 2.49. The van der Waals surface area contributed by atoms with Crippen LogP contribution >= 0.6 is 11.6 Å². The zero-order chi connectivity index (χ0) is 19.5. The summed E-state index contributed by atoms with van der Waals surface area (Å²) in [7, 11) is 5.23. The highest BCUT2D eigenvalue weighted by Gasteiger charge is 2.34. The van der Waals surface area contributed by atoms with E-state index < -0.39 is 11.9 Å². The molecule has 0 radical (unpaired) electrons. The molecule has 2 aromatic rings. The van der Waals surface area contributed by atoms with Gasteiger partial charge in [-0.25, -0.2) is 4.98 Å². The molecule has 0 unspecified atom stereocenters. The van der Waals surface area contributed by atoms with Crippen LogP contribution in [-0.4, -0.2) is 31.0 Å². The van der Waals surface area contributed by atoms with E-state index in [1.165, 1.54) is 6.07 Å². The number of alkyl halides is 3. The number of hydrogen-bond acceptors (Lipinski definition) is 3. The maximum Gasteiger partial charge on any atom is 0.433 e. The Morgan fingerprint density at radius 3 is 2.31 bits per heavy atom. The van der Waals surface area contributed by atoms with Crippen LogP contribution in [-0.2, 0) is 6.18 Å². The predicted octanol–water partition coefficient (Wildman–Crippen LogP) is 5.61. The van der Waals surface area contributed by atoms with Gasteiger partial charge in [-0.2, -0.15) is 13.2 Å². The lowest BCUT2D eigenvalue weighted by atomic mass is 10.1. The number of hydrogen-bond donors (Lipinski definition) is 0. The zero-order valence-corrected chi connectivity index (χ0v) is 15.4. The second-order valence-corrected chi connectivity index (χ2v) is 6.17. The molecule has 0 bridgehead atoms. The molecule has 3 nitrogen and oxygen atoms in total. The van der Waals surface area contributed by atoms with Crippen molar-refractivity contribution in [2.45, 2.75) is 6.18 Å². The summed E-state index contributed by atoms with van der Waals surface area (Å²) in [5.74, 6) is 0.148.